The highest BCUT2D eigenvalue weighted by Crippen LogP contribution is 2.20. The molecule has 15 heavy (non-hydrogen) atoms. The van der Waals surface area contributed by atoms with Crippen molar-refractivity contribution in [2.45, 2.75) is 19.9 Å². The summed E-state index contributed by atoms with van der Waals surface area (Å²) in [7, 11) is 0. The van der Waals surface area contributed by atoms with Crippen LogP contribution in [0.2, 0.25) is 0 Å². The zero-order valence-electron chi connectivity index (χ0n) is 8.77. The van der Waals surface area contributed by atoms with Gasteiger partial charge in [-0.3, -0.25) is 0 Å². The number of nitrogens with zero attached hydrogens (tertiary/aromatic N) is 2. The Morgan fingerprint density at radius 2 is 2.13 bits per heavy atom. The van der Waals surface area contributed by atoms with E-state index in [9.17, 15) is 0 Å². The van der Waals surface area contributed by atoms with E-state index in [-0.39, 0.29) is 6.04 Å². The van der Waals surface area contributed by atoms with Crippen LogP contribution >= 0.6 is 0 Å². The van der Waals surface area contributed by atoms with E-state index >= 15 is 0 Å². The Hall–Kier alpha value is -1.68. The van der Waals surface area contributed by atoms with Gasteiger partial charge in [-0.2, -0.15) is 0 Å². The van der Waals surface area contributed by atoms with Gasteiger partial charge in [-0.15, -0.1) is 10.2 Å². The SMILES string of the molecule is Cc1cccc(-c2nnc([C@H](C)N)o2)c1. The lowest BCUT2D eigenvalue weighted by Crippen LogP contribution is -2.04. The average molecular weight is 203 g/mol. The first-order valence-corrected chi connectivity index (χ1v) is 4.83. The lowest BCUT2D eigenvalue weighted by atomic mass is 10.1. The summed E-state index contributed by atoms with van der Waals surface area (Å²) in [6.07, 6.45) is 0. The summed E-state index contributed by atoms with van der Waals surface area (Å²) in [5.41, 5.74) is 7.72. The Balaban J connectivity index is 2.37. The molecule has 2 aromatic rings. The van der Waals surface area contributed by atoms with Gasteiger partial charge in [0, 0.05) is 5.56 Å². The second-order valence-corrected chi connectivity index (χ2v) is 3.60. The van der Waals surface area contributed by atoms with Crippen LogP contribution in [-0.4, -0.2) is 10.2 Å². The Morgan fingerprint density at radius 3 is 2.73 bits per heavy atom. The van der Waals surface area contributed by atoms with Crippen molar-refractivity contribution in [2.24, 2.45) is 5.73 Å². The van der Waals surface area contributed by atoms with Gasteiger partial charge in [0.1, 0.15) is 0 Å². The number of aromatic nitrogens is 2. The van der Waals surface area contributed by atoms with Gasteiger partial charge in [-0.05, 0) is 26.0 Å². The van der Waals surface area contributed by atoms with Crippen molar-refractivity contribution in [3.05, 3.63) is 35.7 Å². The molecule has 0 unspecified atom stereocenters. The van der Waals surface area contributed by atoms with Crippen molar-refractivity contribution >= 4 is 0 Å². The number of nitrogens with two attached hydrogens (primary N) is 1. The molecule has 2 N–H and O–H groups in total. The molecule has 0 fully saturated rings. The lowest BCUT2D eigenvalue weighted by Gasteiger charge is -1.97. The van der Waals surface area contributed by atoms with E-state index < -0.39 is 0 Å². The molecule has 0 amide bonds. The summed E-state index contributed by atoms with van der Waals surface area (Å²) in [6.45, 7) is 3.83. The van der Waals surface area contributed by atoms with Crippen LogP contribution in [0.5, 0.6) is 0 Å². The quantitative estimate of drug-likeness (QED) is 0.811. The second kappa shape index (κ2) is 3.82. The molecule has 0 radical (unpaired) electrons. The topological polar surface area (TPSA) is 64.9 Å². The Kier molecular flexibility index (Phi) is 2.51. The predicted molar refractivity (Wildman–Crippen MR) is 57.1 cm³/mol. The van der Waals surface area contributed by atoms with Gasteiger partial charge in [-0.1, -0.05) is 17.7 Å². The summed E-state index contributed by atoms with van der Waals surface area (Å²) in [5, 5.41) is 7.83. The maximum absolute atomic E-state index is 5.64. The molecule has 4 heteroatoms. The van der Waals surface area contributed by atoms with Gasteiger partial charge >= 0.3 is 0 Å². The predicted octanol–water partition coefficient (Wildman–Crippen LogP) is 2.06. The fourth-order valence-electron chi connectivity index (χ4n) is 1.31. The molecule has 0 aliphatic rings. The third-order valence-electron chi connectivity index (χ3n) is 2.10. The van der Waals surface area contributed by atoms with E-state index in [4.69, 9.17) is 10.2 Å². The molecule has 0 spiro atoms. The molecule has 1 aromatic carbocycles. The molecule has 0 bridgehead atoms. The summed E-state index contributed by atoms with van der Waals surface area (Å²) >= 11 is 0. The van der Waals surface area contributed by atoms with E-state index in [0.29, 0.717) is 11.8 Å². The summed E-state index contributed by atoms with van der Waals surface area (Å²) in [5.74, 6) is 0.984. The van der Waals surface area contributed by atoms with Crippen molar-refractivity contribution in [3.8, 4) is 11.5 Å². The zero-order valence-corrected chi connectivity index (χ0v) is 8.77. The normalized spacial score (nSPS) is 12.7. The molecule has 0 aliphatic carbocycles. The van der Waals surface area contributed by atoms with Gasteiger partial charge in [0.25, 0.3) is 0 Å². The highest BCUT2D eigenvalue weighted by Gasteiger charge is 2.11. The molecule has 1 heterocycles. The van der Waals surface area contributed by atoms with Crippen molar-refractivity contribution in [2.75, 3.05) is 0 Å². The van der Waals surface area contributed by atoms with E-state index in [1.807, 2.05) is 38.1 Å². The van der Waals surface area contributed by atoms with Gasteiger partial charge in [-0.25, -0.2) is 0 Å². The monoisotopic (exact) mass is 203 g/mol. The minimum Gasteiger partial charge on any atom is -0.419 e. The number of aryl methyl sites for hydroxylation is 1. The van der Waals surface area contributed by atoms with Gasteiger partial charge < -0.3 is 10.2 Å². The Morgan fingerprint density at radius 1 is 1.33 bits per heavy atom. The second-order valence-electron chi connectivity index (χ2n) is 3.60. The molecule has 4 nitrogen and oxygen atoms in total. The van der Waals surface area contributed by atoms with Crippen LogP contribution in [0.3, 0.4) is 0 Å². The molecule has 2 rings (SSSR count). The van der Waals surface area contributed by atoms with Crippen LogP contribution in [0, 0.1) is 6.92 Å². The largest absolute Gasteiger partial charge is 0.419 e. The minimum absolute atomic E-state index is 0.226. The fraction of sp³-hybridized carbons (Fsp3) is 0.273. The van der Waals surface area contributed by atoms with Gasteiger partial charge in [0.2, 0.25) is 11.8 Å². The number of hydrogen-bond acceptors (Lipinski definition) is 4. The fourth-order valence-corrected chi connectivity index (χ4v) is 1.31. The minimum atomic E-state index is -0.226. The van der Waals surface area contributed by atoms with Gasteiger partial charge in [0.05, 0.1) is 6.04 Å². The molecule has 1 aromatic heterocycles. The summed E-state index contributed by atoms with van der Waals surface area (Å²) in [6, 6.07) is 7.69. The smallest absolute Gasteiger partial charge is 0.247 e. The standard InChI is InChI=1S/C11H13N3O/c1-7-4-3-5-9(6-7)11-14-13-10(15-11)8(2)12/h3-6,8H,12H2,1-2H3/t8-/m0/s1. The highest BCUT2D eigenvalue weighted by molar-refractivity contribution is 5.53. The van der Waals surface area contributed by atoms with Crippen LogP contribution in [0.1, 0.15) is 24.4 Å². The van der Waals surface area contributed by atoms with E-state index in [2.05, 4.69) is 10.2 Å². The van der Waals surface area contributed by atoms with Gasteiger partial charge in [0.15, 0.2) is 0 Å². The average Bonchev–Trinajstić information content (AvgIpc) is 2.66. The van der Waals surface area contributed by atoms with Crippen molar-refractivity contribution in [1.82, 2.24) is 10.2 Å². The summed E-state index contributed by atoms with van der Waals surface area (Å²) < 4.78 is 5.44. The summed E-state index contributed by atoms with van der Waals surface area (Å²) in [4.78, 5) is 0. The first kappa shape index (κ1) is 9.86. The number of benzene rings is 1. The van der Waals surface area contributed by atoms with Crippen LogP contribution in [0.25, 0.3) is 11.5 Å². The number of rotatable bonds is 2. The molecule has 1 atom stereocenters. The lowest BCUT2D eigenvalue weighted by molar-refractivity contribution is 0.473. The van der Waals surface area contributed by atoms with E-state index in [0.717, 1.165) is 11.1 Å². The molecular weight excluding hydrogens is 190 g/mol. The number of hydrogen-bond donors (Lipinski definition) is 1. The van der Waals surface area contributed by atoms with Crippen molar-refractivity contribution in [3.63, 3.8) is 0 Å². The van der Waals surface area contributed by atoms with E-state index in [1.165, 1.54) is 0 Å². The molecule has 0 saturated carbocycles. The maximum atomic E-state index is 5.64. The zero-order chi connectivity index (χ0) is 10.8. The Bertz CT molecular complexity index is 462. The molecule has 78 valence electrons. The Labute approximate surface area is 88.1 Å². The van der Waals surface area contributed by atoms with Crippen LogP contribution in [0.15, 0.2) is 28.7 Å². The third-order valence-corrected chi connectivity index (χ3v) is 2.10. The van der Waals surface area contributed by atoms with E-state index in [1.54, 1.807) is 0 Å². The molecular formula is C11H13N3O. The third kappa shape index (κ3) is 2.05. The first-order valence-electron chi connectivity index (χ1n) is 4.83. The first-order chi connectivity index (χ1) is 7.16. The molecule has 0 saturated heterocycles. The van der Waals surface area contributed by atoms with Crippen molar-refractivity contribution in [1.29, 1.82) is 0 Å². The highest BCUT2D eigenvalue weighted by atomic mass is 16.4. The maximum Gasteiger partial charge on any atom is 0.247 e. The van der Waals surface area contributed by atoms with Crippen LogP contribution in [0.4, 0.5) is 0 Å². The molecule has 0 aliphatic heterocycles. The van der Waals surface area contributed by atoms with Crippen LogP contribution < -0.4 is 5.73 Å². The van der Waals surface area contributed by atoms with Crippen molar-refractivity contribution < 1.29 is 4.42 Å². The van der Waals surface area contributed by atoms with Crippen LogP contribution in [-0.2, 0) is 0 Å².